The minimum Gasteiger partial charge on any atom is -0.454 e. The number of anilines is 1. The smallest absolute Gasteiger partial charge is 0.280 e. The fourth-order valence-corrected chi connectivity index (χ4v) is 2.94. The summed E-state index contributed by atoms with van der Waals surface area (Å²) >= 11 is 6.19. The van der Waals surface area contributed by atoms with Gasteiger partial charge in [-0.05, 0) is 43.2 Å². The number of ether oxygens (including phenoxy) is 1. The van der Waals surface area contributed by atoms with Gasteiger partial charge in [-0.15, -0.1) is 0 Å². The number of hydrogen-bond acceptors (Lipinski definition) is 3. The molecule has 0 radical (unpaired) electrons. The van der Waals surface area contributed by atoms with E-state index in [1.807, 2.05) is 12.1 Å². The molecule has 2 aromatic rings. The minimum atomic E-state index is -0.482. The first-order valence-electron chi connectivity index (χ1n) is 8.00. The summed E-state index contributed by atoms with van der Waals surface area (Å²) < 4.78 is 6.00. The summed E-state index contributed by atoms with van der Waals surface area (Å²) in [6.07, 6.45) is 2.19. The third-order valence-corrected chi connectivity index (χ3v) is 4.25. The van der Waals surface area contributed by atoms with E-state index in [1.54, 1.807) is 30.3 Å². The van der Waals surface area contributed by atoms with E-state index in [9.17, 15) is 4.79 Å². The van der Waals surface area contributed by atoms with Gasteiger partial charge in [0.15, 0.2) is 11.7 Å². The summed E-state index contributed by atoms with van der Waals surface area (Å²) in [6, 6.07) is 12.4. The lowest BCUT2D eigenvalue weighted by Crippen LogP contribution is -2.24. The van der Waals surface area contributed by atoms with Crippen LogP contribution in [-0.2, 0) is 0 Å². The van der Waals surface area contributed by atoms with Crippen LogP contribution in [0.15, 0.2) is 47.5 Å². The lowest BCUT2D eigenvalue weighted by molar-refractivity contribution is 0.100. The van der Waals surface area contributed by atoms with Crippen LogP contribution < -0.4 is 21.1 Å². The van der Waals surface area contributed by atoms with Crippen LogP contribution in [0.3, 0.4) is 0 Å². The quantitative estimate of drug-likeness (QED) is 0.646. The highest BCUT2D eigenvalue weighted by atomic mass is 35.5. The molecule has 0 aromatic heterocycles. The molecule has 6 nitrogen and oxygen atoms in total. The molecule has 7 heteroatoms. The molecule has 1 amide bonds. The SMILES string of the molecule is NC(N)=NC(=O)c1ccc(Oc2ccccc2Cl)c(N2CCCC2)c1. The number of guanidine groups is 1. The van der Waals surface area contributed by atoms with Gasteiger partial charge in [0, 0.05) is 18.7 Å². The fourth-order valence-electron chi connectivity index (χ4n) is 2.77. The Bertz CT molecular complexity index is 812. The summed E-state index contributed by atoms with van der Waals surface area (Å²) in [6.45, 7) is 1.80. The molecule has 25 heavy (non-hydrogen) atoms. The maximum atomic E-state index is 12.1. The van der Waals surface area contributed by atoms with Gasteiger partial charge >= 0.3 is 0 Å². The summed E-state index contributed by atoms with van der Waals surface area (Å²) in [5.74, 6) is 0.457. The zero-order chi connectivity index (χ0) is 17.8. The third-order valence-electron chi connectivity index (χ3n) is 3.94. The van der Waals surface area contributed by atoms with E-state index >= 15 is 0 Å². The van der Waals surface area contributed by atoms with Crippen molar-refractivity contribution >= 4 is 29.2 Å². The topological polar surface area (TPSA) is 93.9 Å². The van der Waals surface area contributed by atoms with Gasteiger partial charge in [0.1, 0.15) is 5.75 Å². The fraction of sp³-hybridized carbons (Fsp3) is 0.222. The Hall–Kier alpha value is -2.73. The van der Waals surface area contributed by atoms with Gasteiger partial charge in [0.05, 0.1) is 10.7 Å². The van der Waals surface area contributed by atoms with Crippen molar-refractivity contribution < 1.29 is 9.53 Å². The van der Waals surface area contributed by atoms with Crippen molar-refractivity contribution in [3.05, 3.63) is 53.1 Å². The van der Waals surface area contributed by atoms with Gasteiger partial charge in [-0.3, -0.25) is 4.79 Å². The Balaban J connectivity index is 1.98. The van der Waals surface area contributed by atoms with E-state index in [2.05, 4.69) is 9.89 Å². The van der Waals surface area contributed by atoms with Gasteiger partial charge < -0.3 is 21.1 Å². The first-order valence-corrected chi connectivity index (χ1v) is 8.38. The number of nitrogens with two attached hydrogens (primary N) is 2. The minimum absolute atomic E-state index is 0.260. The summed E-state index contributed by atoms with van der Waals surface area (Å²) in [5, 5.41) is 0.524. The second-order valence-electron chi connectivity index (χ2n) is 5.75. The van der Waals surface area contributed by atoms with Gasteiger partial charge in [-0.25, -0.2) is 0 Å². The van der Waals surface area contributed by atoms with E-state index in [0.29, 0.717) is 22.1 Å². The first-order chi connectivity index (χ1) is 12.0. The number of para-hydroxylation sites is 1. The van der Waals surface area contributed by atoms with Crippen molar-refractivity contribution in [1.29, 1.82) is 0 Å². The van der Waals surface area contributed by atoms with Crippen molar-refractivity contribution in [1.82, 2.24) is 0 Å². The molecule has 3 rings (SSSR count). The number of hydrogen-bond donors (Lipinski definition) is 2. The van der Waals surface area contributed by atoms with Crippen LogP contribution in [0.5, 0.6) is 11.5 Å². The maximum absolute atomic E-state index is 12.1. The number of carbonyl (C=O) groups excluding carboxylic acids is 1. The number of halogens is 1. The molecule has 0 atom stereocenters. The number of nitrogens with zero attached hydrogens (tertiary/aromatic N) is 2. The molecule has 130 valence electrons. The Morgan fingerprint density at radius 2 is 1.80 bits per heavy atom. The average Bonchev–Trinajstić information content (AvgIpc) is 3.11. The predicted molar refractivity (Wildman–Crippen MR) is 99.6 cm³/mol. The van der Waals surface area contributed by atoms with Crippen molar-refractivity contribution in [3.63, 3.8) is 0 Å². The van der Waals surface area contributed by atoms with Crippen molar-refractivity contribution in [2.75, 3.05) is 18.0 Å². The van der Waals surface area contributed by atoms with Crippen LogP contribution in [0.4, 0.5) is 5.69 Å². The van der Waals surface area contributed by atoms with Crippen molar-refractivity contribution in [2.24, 2.45) is 16.5 Å². The zero-order valence-corrected chi connectivity index (χ0v) is 14.4. The number of carbonyl (C=O) groups is 1. The molecule has 0 bridgehead atoms. The maximum Gasteiger partial charge on any atom is 0.280 e. The molecule has 1 saturated heterocycles. The largest absolute Gasteiger partial charge is 0.454 e. The average molecular weight is 359 g/mol. The van der Waals surface area contributed by atoms with Crippen LogP contribution >= 0.6 is 11.6 Å². The van der Waals surface area contributed by atoms with Crippen molar-refractivity contribution in [2.45, 2.75) is 12.8 Å². The number of amides is 1. The molecule has 0 aliphatic carbocycles. The third kappa shape index (κ3) is 4.03. The van der Waals surface area contributed by atoms with Gasteiger partial charge in [0.2, 0.25) is 0 Å². The van der Waals surface area contributed by atoms with Gasteiger partial charge in [-0.1, -0.05) is 23.7 Å². The van der Waals surface area contributed by atoms with Crippen LogP contribution in [0.2, 0.25) is 5.02 Å². The number of benzene rings is 2. The normalized spacial score (nSPS) is 13.6. The molecule has 1 heterocycles. The van der Waals surface area contributed by atoms with E-state index in [4.69, 9.17) is 27.8 Å². The second kappa shape index (κ2) is 7.44. The first kappa shape index (κ1) is 17.1. The molecule has 4 N–H and O–H groups in total. The van der Waals surface area contributed by atoms with Crippen LogP contribution in [0.25, 0.3) is 0 Å². The van der Waals surface area contributed by atoms with Gasteiger partial charge in [0.25, 0.3) is 5.91 Å². The summed E-state index contributed by atoms with van der Waals surface area (Å²) in [7, 11) is 0. The standard InChI is InChI=1S/C18H19ClN4O2/c19-13-5-1-2-6-15(13)25-16-8-7-12(17(24)22-18(20)21)11-14(16)23-9-3-4-10-23/h1-2,5-8,11H,3-4,9-10H2,(H4,20,21,22,24). The van der Waals surface area contributed by atoms with Crippen LogP contribution in [-0.4, -0.2) is 25.0 Å². The molecule has 1 aliphatic rings. The highest BCUT2D eigenvalue weighted by molar-refractivity contribution is 6.32. The Morgan fingerprint density at radius 3 is 2.48 bits per heavy atom. The lowest BCUT2D eigenvalue weighted by atomic mass is 10.1. The molecule has 0 spiro atoms. The summed E-state index contributed by atoms with van der Waals surface area (Å²) in [4.78, 5) is 17.9. The Morgan fingerprint density at radius 1 is 1.08 bits per heavy atom. The number of aliphatic imine (C=N–C) groups is 1. The summed E-state index contributed by atoms with van der Waals surface area (Å²) in [5.41, 5.74) is 11.8. The molecule has 1 fully saturated rings. The number of rotatable bonds is 4. The monoisotopic (exact) mass is 358 g/mol. The van der Waals surface area contributed by atoms with E-state index in [-0.39, 0.29) is 5.96 Å². The molecule has 1 aliphatic heterocycles. The van der Waals surface area contributed by atoms with Crippen LogP contribution in [0.1, 0.15) is 23.2 Å². The van der Waals surface area contributed by atoms with Crippen LogP contribution in [0, 0.1) is 0 Å². The zero-order valence-electron chi connectivity index (χ0n) is 13.6. The van der Waals surface area contributed by atoms with Gasteiger partial charge in [-0.2, -0.15) is 4.99 Å². The van der Waals surface area contributed by atoms with Crippen molar-refractivity contribution in [3.8, 4) is 11.5 Å². The van der Waals surface area contributed by atoms with E-state index in [1.165, 1.54) is 0 Å². The molecule has 0 saturated carbocycles. The Kier molecular flexibility index (Phi) is 5.09. The van der Waals surface area contributed by atoms with E-state index in [0.717, 1.165) is 31.6 Å². The molecular weight excluding hydrogens is 340 g/mol. The Labute approximate surface area is 151 Å². The molecule has 2 aromatic carbocycles. The van der Waals surface area contributed by atoms with E-state index < -0.39 is 5.91 Å². The molecular formula is C18H19ClN4O2. The molecule has 0 unspecified atom stereocenters. The lowest BCUT2D eigenvalue weighted by Gasteiger charge is -2.22. The predicted octanol–water partition coefficient (Wildman–Crippen LogP) is 3.15. The highest BCUT2D eigenvalue weighted by Crippen LogP contribution is 2.37. The second-order valence-corrected chi connectivity index (χ2v) is 6.16. The highest BCUT2D eigenvalue weighted by Gasteiger charge is 2.20.